The average Bonchev–Trinajstić information content (AvgIpc) is 2.78. The van der Waals surface area contributed by atoms with Crippen LogP contribution in [0.15, 0.2) is 36.0 Å². The van der Waals surface area contributed by atoms with E-state index in [1.807, 2.05) is 0 Å². The summed E-state index contributed by atoms with van der Waals surface area (Å²) in [4.78, 5) is 0. The fourth-order valence-corrected chi connectivity index (χ4v) is 6.72. The van der Waals surface area contributed by atoms with Crippen molar-refractivity contribution in [1.82, 2.24) is 0 Å². The molecule has 3 nitrogen and oxygen atoms in total. The molecule has 0 radical (unpaired) electrons. The van der Waals surface area contributed by atoms with E-state index in [9.17, 15) is 10.4 Å². The molecule has 1 N–H and O–H groups in total. The van der Waals surface area contributed by atoms with Crippen LogP contribution in [-0.2, 0) is 0 Å². The van der Waals surface area contributed by atoms with E-state index < -0.39 is 13.7 Å². The van der Waals surface area contributed by atoms with Crippen LogP contribution in [0.1, 0.15) is 0 Å². The topological polar surface area (TPSA) is 67.8 Å². The minimum Gasteiger partial charge on any atom is -0.388 e. The molecule has 108 valence electrons. The summed E-state index contributed by atoms with van der Waals surface area (Å²) in [5.41, 5.74) is -0.178. The molecule has 3 aliphatic rings. The number of hydrogen-bond donors (Lipinski definition) is 1. The van der Waals surface area contributed by atoms with Crippen LogP contribution in [0.3, 0.4) is 0 Å². The highest BCUT2D eigenvalue weighted by Gasteiger charge is 2.63. The van der Waals surface area contributed by atoms with Gasteiger partial charge in [0.2, 0.25) is 0 Å². The van der Waals surface area contributed by atoms with E-state index in [1.165, 1.54) is 0 Å². The summed E-state index contributed by atoms with van der Waals surface area (Å²) in [6.07, 6.45) is 10.0. The maximum absolute atomic E-state index is 11.5. The van der Waals surface area contributed by atoms with E-state index in [0.717, 1.165) is 5.57 Å². The minimum atomic E-state index is -1.83. The third kappa shape index (κ3) is 1.73. The molecule has 0 heterocycles. The minimum absolute atomic E-state index is 0.0712. The van der Waals surface area contributed by atoms with Gasteiger partial charge in [-0.25, -0.2) is 0 Å². The Morgan fingerprint density at radius 1 is 1.14 bits per heavy atom. The second-order valence-corrected chi connectivity index (χ2v) is 12.8. The van der Waals surface area contributed by atoms with Gasteiger partial charge in [0.15, 0.2) is 0 Å². The number of allylic oxidation sites excluding steroid dienone is 4. The summed E-state index contributed by atoms with van der Waals surface area (Å²) in [6.45, 7) is 6.44. The first kappa shape index (κ1) is 14.3. The number of hydrogen-bond acceptors (Lipinski definition) is 3. The van der Waals surface area contributed by atoms with Crippen LogP contribution in [0.5, 0.6) is 0 Å². The van der Waals surface area contributed by atoms with Crippen LogP contribution >= 0.6 is 0 Å². The Balaban J connectivity index is 2.09. The molecular formula is C17H20N2OSi. The van der Waals surface area contributed by atoms with Crippen LogP contribution in [-0.4, -0.2) is 18.8 Å². The summed E-state index contributed by atoms with van der Waals surface area (Å²) in [7, 11) is -1.83. The Morgan fingerprint density at radius 3 is 2.05 bits per heavy atom. The fourth-order valence-electron chi connectivity index (χ4n) is 4.57. The molecule has 1 fully saturated rings. The lowest BCUT2D eigenvalue weighted by atomic mass is 9.63. The van der Waals surface area contributed by atoms with Crippen molar-refractivity contribution in [3.8, 4) is 12.1 Å². The first-order chi connectivity index (χ1) is 9.85. The summed E-state index contributed by atoms with van der Waals surface area (Å²) < 4.78 is 0. The maximum Gasteiger partial charge on any atom is 0.0921 e. The van der Waals surface area contributed by atoms with E-state index in [2.05, 4.69) is 56.1 Å². The van der Waals surface area contributed by atoms with Gasteiger partial charge in [-0.1, -0.05) is 43.9 Å². The highest BCUT2D eigenvalue weighted by molar-refractivity contribution is 6.78. The lowest BCUT2D eigenvalue weighted by Crippen LogP contribution is -2.57. The van der Waals surface area contributed by atoms with Crippen molar-refractivity contribution in [3.05, 3.63) is 36.0 Å². The summed E-state index contributed by atoms with van der Waals surface area (Å²) >= 11 is 0. The molecule has 21 heavy (non-hydrogen) atoms. The normalized spacial score (nSPS) is 40.8. The molecule has 0 aliphatic heterocycles. The van der Waals surface area contributed by atoms with Crippen molar-refractivity contribution in [3.63, 3.8) is 0 Å². The molecule has 0 saturated heterocycles. The van der Waals surface area contributed by atoms with Gasteiger partial charge in [-0.15, -0.1) is 0 Å². The highest BCUT2D eigenvalue weighted by Crippen LogP contribution is 2.62. The zero-order valence-corrected chi connectivity index (χ0v) is 13.6. The van der Waals surface area contributed by atoms with Gasteiger partial charge in [-0.3, -0.25) is 0 Å². The number of rotatable bonds is 2. The molecule has 0 aromatic heterocycles. The predicted molar refractivity (Wildman–Crippen MR) is 83.6 cm³/mol. The Morgan fingerprint density at radius 2 is 1.67 bits per heavy atom. The molecule has 3 rings (SSSR count). The molecule has 0 spiro atoms. The van der Waals surface area contributed by atoms with Gasteiger partial charge >= 0.3 is 0 Å². The number of nitrogens with zero attached hydrogens (tertiary/aromatic N) is 2. The van der Waals surface area contributed by atoms with Gasteiger partial charge in [-0.2, -0.15) is 10.5 Å². The van der Waals surface area contributed by atoms with Crippen LogP contribution in [0, 0.1) is 46.3 Å². The highest BCUT2D eigenvalue weighted by atomic mass is 28.3. The van der Waals surface area contributed by atoms with Gasteiger partial charge in [0.1, 0.15) is 0 Å². The van der Waals surface area contributed by atoms with Crippen LogP contribution < -0.4 is 0 Å². The van der Waals surface area contributed by atoms with Crippen LogP contribution in [0.4, 0.5) is 0 Å². The largest absolute Gasteiger partial charge is 0.388 e. The SMILES string of the molecule is C[Si](C)(C)C(C#N)C1(O)C2C=CC1C1C=CC2C1=CC#N. The monoisotopic (exact) mass is 296 g/mol. The van der Waals surface area contributed by atoms with E-state index in [4.69, 9.17) is 5.26 Å². The number of aliphatic hydroxyl groups is 1. The second-order valence-electron chi connectivity index (χ2n) is 7.46. The molecule has 5 atom stereocenters. The standard InChI is InChI=1S/C17H20N2OSi/c1-21(2,3)16(10-19)17(20)14-6-7-15(17)13-5-4-12(14)11(13)8-9-18/h4-8,12-16,20H,1-3H3. The predicted octanol–water partition coefficient (Wildman–Crippen LogP) is 3.02. The summed E-state index contributed by atoms with van der Waals surface area (Å²) in [5, 5.41) is 30.3. The summed E-state index contributed by atoms with van der Waals surface area (Å²) in [5.74, 6) is -0.00866. The molecule has 4 bridgehead atoms. The van der Waals surface area contributed by atoms with Crippen molar-refractivity contribution in [1.29, 1.82) is 10.5 Å². The van der Waals surface area contributed by atoms with Crippen molar-refractivity contribution >= 4 is 8.07 Å². The molecule has 0 aromatic carbocycles. The molecular weight excluding hydrogens is 276 g/mol. The fraction of sp³-hybridized carbons (Fsp3) is 0.529. The summed E-state index contributed by atoms with van der Waals surface area (Å²) in [6, 6.07) is 4.57. The lowest BCUT2D eigenvalue weighted by Gasteiger charge is -2.50. The maximum atomic E-state index is 11.5. The van der Waals surface area contributed by atoms with E-state index in [1.54, 1.807) is 6.08 Å². The van der Waals surface area contributed by atoms with Crippen molar-refractivity contribution in [2.45, 2.75) is 30.8 Å². The average molecular weight is 296 g/mol. The van der Waals surface area contributed by atoms with E-state index >= 15 is 0 Å². The van der Waals surface area contributed by atoms with Gasteiger partial charge < -0.3 is 5.11 Å². The Kier molecular flexibility index (Phi) is 3.02. The van der Waals surface area contributed by atoms with Gasteiger partial charge in [0.25, 0.3) is 0 Å². The molecule has 4 heteroatoms. The Hall–Kier alpha value is -1.62. The van der Waals surface area contributed by atoms with Crippen molar-refractivity contribution in [2.24, 2.45) is 23.7 Å². The quantitative estimate of drug-likeness (QED) is 0.484. The van der Waals surface area contributed by atoms with Crippen molar-refractivity contribution in [2.75, 3.05) is 0 Å². The second kappa shape index (κ2) is 4.43. The van der Waals surface area contributed by atoms with E-state index in [0.29, 0.717) is 0 Å². The third-order valence-electron chi connectivity index (χ3n) is 5.35. The number of nitriles is 2. The molecule has 3 aliphatic carbocycles. The molecule has 0 aromatic rings. The van der Waals surface area contributed by atoms with E-state index in [-0.39, 0.29) is 29.2 Å². The zero-order valence-electron chi connectivity index (χ0n) is 12.6. The first-order valence-corrected chi connectivity index (χ1v) is 11.0. The van der Waals surface area contributed by atoms with Gasteiger partial charge in [0, 0.05) is 29.7 Å². The zero-order chi connectivity index (χ0) is 15.4. The molecule has 5 unspecified atom stereocenters. The third-order valence-corrected chi connectivity index (χ3v) is 7.68. The van der Waals surface area contributed by atoms with Crippen LogP contribution in [0.25, 0.3) is 0 Å². The Bertz CT molecular complexity index is 615. The van der Waals surface area contributed by atoms with Gasteiger partial charge in [-0.05, 0) is 5.57 Å². The van der Waals surface area contributed by atoms with Crippen molar-refractivity contribution < 1.29 is 5.11 Å². The number of fused-ring (bicyclic) bond motifs is 6. The first-order valence-electron chi connectivity index (χ1n) is 7.44. The molecule has 0 amide bonds. The van der Waals surface area contributed by atoms with Gasteiger partial charge in [0.05, 0.1) is 31.4 Å². The molecule has 1 saturated carbocycles. The lowest BCUT2D eigenvalue weighted by molar-refractivity contribution is -0.0539. The Labute approximate surface area is 126 Å². The smallest absolute Gasteiger partial charge is 0.0921 e. The van der Waals surface area contributed by atoms with Crippen LogP contribution in [0.2, 0.25) is 25.2 Å².